The van der Waals surface area contributed by atoms with Gasteiger partial charge < -0.3 is 5.32 Å². The molecule has 1 N–H and O–H groups in total. The molecule has 2 atom stereocenters. The number of halogens is 1. The lowest BCUT2D eigenvalue weighted by atomic mass is 10.2. The third-order valence-electron chi connectivity index (χ3n) is 3.33. The van der Waals surface area contributed by atoms with Crippen LogP contribution in [0.15, 0.2) is 11.1 Å². The van der Waals surface area contributed by atoms with E-state index in [0.29, 0.717) is 23.7 Å². The molecular formula is C11H21ClN4O2S. The molecule has 0 saturated carbocycles. The fraction of sp³-hybridized carbons (Fsp3) is 0.727. The summed E-state index contributed by atoms with van der Waals surface area (Å²) < 4.78 is 28.2. The van der Waals surface area contributed by atoms with Crippen LogP contribution in [0, 0.1) is 6.92 Å². The van der Waals surface area contributed by atoms with E-state index in [9.17, 15) is 8.42 Å². The summed E-state index contributed by atoms with van der Waals surface area (Å²) >= 11 is 0. The number of aromatic nitrogens is 2. The van der Waals surface area contributed by atoms with Crippen LogP contribution in [0.25, 0.3) is 0 Å². The summed E-state index contributed by atoms with van der Waals surface area (Å²) in [5.74, 6) is 0. The van der Waals surface area contributed by atoms with Gasteiger partial charge in [0, 0.05) is 32.2 Å². The van der Waals surface area contributed by atoms with Crippen LogP contribution in [0.3, 0.4) is 0 Å². The van der Waals surface area contributed by atoms with Gasteiger partial charge in [0.1, 0.15) is 4.90 Å². The highest BCUT2D eigenvalue weighted by Crippen LogP contribution is 2.21. The molecule has 1 aromatic rings. The van der Waals surface area contributed by atoms with Gasteiger partial charge in [-0.1, -0.05) is 0 Å². The van der Waals surface area contributed by atoms with Crippen LogP contribution in [-0.4, -0.2) is 47.7 Å². The summed E-state index contributed by atoms with van der Waals surface area (Å²) in [6.07, 6.45) is 1.43. The summed E-state index contributed by atoms with van der Waals surface area (Å²) in [5, 5.41) is 7.34. The average molecular weight is 309 g/mol. The van der Waals surface area contributed by atoms with Crippen molar-refractivity contribution in [3.05, 3.63) is 11.9 Å². The number of nitrogens with one attached hydrogen (secondary N) is 1. The van der Waals surface area contributed by atoms with Crippen molar-refractivity contribution in [2.45, 2.75) is 37.8 Å². The van der Waals surface area contributed by atoms with Gasteiger partial charge in [-0.2, -0.15) is 9.40 Å². The molecule has 0 spiro atoms. The molecule has 6 nitrogen and oxygen atoms in total. The Kier molecular flexibility index (Phi) is 5.00. The maximum absolute atomic E-state index is 12.6. The highest BCUT2D eigenvalue weighted by Gasteiger charge is 2.33. The van der Waals surface area contributed by atoms with Crippen LogP contribution >= 0.6 is 12.4 Å². The third kappa shape index (κ3) is 3.10. The minimum Gasteiger partial charge on any atom is -0.309 e. The van der Waals surface area contributed by atoms with Crippen molar-refractivity contribution < 1.29 is 8.42 Å². The van der Waals surface area contributed by atoms with E-state index in [1.807, 2.05) is 13.8 Å². The first kappa shape index (κ1) is 16.4. The molecule has 2 unspecified atom stereocenters. The fourth-order valence-corrected chi connectivity index (χ4v) is 4.15. The van der Waals surface area contributed by atoms with Gasteiger partial charge in [-0.05, 0) is 20.8 Å². The molecule has 2 rings (SSSR count). The quantitative estimate of drug-likeness (QED) is 0.865. The Balaban J connectivity index is 0.00000180. The van der Waals surface area contributed by atoms with Crippen LogP contribution in [0.2, 0.25) is 0 Å². The van der Waals surface area contributed by atoms with Crippen LogP contribution < -0.4 is 5.32 Å². The lowest BCUT2D eigenvalue weighted by molar-refractivity contribution is 0.263. The van der Waals surface area contributed by atoms with Crippen molar-refractivity contribution in [2.75, 3.05) is 13.1 Å². The van der Waals surface area contributed by atoms with E-state index in [2.05, 4.69) is 10.4 Å². The molecule has 1 saturated heterocycles. The topological polar surface area (TPSA) is 67.2 Å². The number of rotatable bonds is 2. The summed E-state index contributed by atoms with van der Waals surface area (Å²) in [6, 6.07) is 0.334. The van der Waals surface area contributed by atoms with E-state index in [1.54, 1.807) is 23.0 Å². The highest BCUT2D eigenvalue weighted by atomic mass is 35.5. The van der Waals surface area contributed by atoms with Crippen LogP contribution in [-0.2, 0) is 17.1 Å². The number of sulfonamides is 1. The second kappa shape index (κ2) is 5.78. The van der Waals surface area contributed by atoms with Crippen molar-refractivity contribution in [3.8, 4) is 0 Å². The maximum Gasteiger partial charge on any atom is 0.246 e. The Morgan fingerprint density at radius 2 is 1.84 bits per heavy atom. The molecule has 110 valence electrons. The van der Waals surface area contributed by atoms with Gasteiger partial charge in [0.25, 0.3) is 0 Å². The second-order valence-corrected chi connectivity index (χ2v) is 6.91. The first-order valence-corrected chi connectivity index (χ1v) is 7.51. The van der Waals surface area contributed by atoms with E-state index in [0.717, 1.165) is 0 Å². The zero-order chi connectivity index (χ0) is 13.5. The van der Waals surface area contributed by atoms with Gasteiger partial charge >= 0.3 is 0 Å². The Hall–Kier alpha value is -0.630. The van der Waals surface area contributed by atoms with Crippen LogP contribution in [0.4, 0.5) is 0 Å². The van der Waals surface area contributed by atoms with Gasteiger partial charge in [0.2, 0.25) is 10.0 Å². The minimum atomic E-state index is -3.43. The zero-order valence-corrected chi connectivity index (χ0v) is 13.3. The molecule has 0 bridgehead atoms. The molecule has 1 aromatic heterocycles. The van der Waals surface area contributed by atoms with E-state index >= 15 is 0 Å². The van der Waals surface area contributed by atoms with Crippen molar-refractivity contribution >= 4 is 22.4 Å². The van der Waals surface area contributed by atoms with E-state index in [-0.39, 0.29) is 24.5 Å². The summed E-state index contributed by atoms with van der Waals surface area (Å²) in [5.41, 5.74) is 0.675. The summed E-state index contributed by atoms with van der Waals surface area (Å²) in [7, 11) is -1.68. The first-order valence-electron chi connectivity index (χ1n) is 6.07. The molecule has 0 aliphatic carbocycles. The summed E-state index contributed by atoms with van der Waals surface area (Å²) in [6.45, 7) is 6.76. The molecule has 8 heteroatoms. The summed E-state index contributed by atoms with van der Waals surface area (Å²) in [4.78, 5) is 0.311. The van der Waals surface area contributed by atoms with Crippen molar-refractivity contribution in [2.24, 2.45) is 7.05 Å². The lowest BCUT2D eigenvalue weighted by Crippen LogP contribution is -2.55. The Morgan fingerprint density at radius 3 is 2.26 bits per heavy atom. The standard InChI is InChI=1S/C11H20N4O2S.ClH/c1-8-6-15(7-9(2)13-8)18(16,17)11-5-12-14(4)10(11)3;/h5,8-9,13H,6-7H2,1-4H3;1H. The van der Waals surface area contributed by atoms with Crippen molar-refractivity contribution in [1.82, 2.24) is 19.4 Å². The molecule has 2 heterocycles. The van der Waals surface area contributed by atoms with E-state index < -0.39 is 10.0 Å². The van der Waals surface area contributed by atoms with E-state index in [1.165, 1.54) is 6.20 Å². The Morgan fingerprint density at radius 1 is 1.32 bits per heavy atom. The SMILES string of the molecule is Cc1c(S(=O)(=O)N2CC(C)NC(C)C2)cnn1C.Cl. The number of nitrogens with zero attached hydrogens (tertiary/aromatic N) is 3. The fourth-order valence-electron chi connectivity index (χ4n) is 2.34. The Bertz CT molecular complexity index is 533. The van der Waals surface area contributed by atoms with Gasteiger partial charge in [0.05, 0.1) is 11.9 Å². The normalized spacial score (nSPS) is 25.1. The average Bonchev–Trinajstić information content (AvgIpc) is 2.58. The van der Waals surface area contributed by atoms with Crippen LogP contribution in [0.5, 0.6) is 0 Å². The monoisotopic (exact) mass is 308 g/mol. The molecule has 0 amide bonds. The largest absolute Gasteiger partial charge is 0.309 e. The molecule has 0 aromatic carbocycles. The van der Waals surface area contributed by atoms with E-state index in [4.69, 9.17) is 0 Å². The highest BCUT2D eigenvalue weighted by molar-refractivity contribution is 7.89. The van der Waals surface area contributed by atoms with Crippen LogP contribution in [0.1, 0.15) is 19.5 Å². The molecular weight excluding hydrogens is 288 g/mol. The zero-order valence-electron chi connectivity index (χ0n) is 11.6. The molecule has 1 fully saturated rings. The predicted octanol–water partition coefficient (Wildman–Crippen LogP) is 0.521. The maximum atomic E-state index is 12.6. The number of piperazine rings is 1. The van der Waals surface area contributed by atoms with Gasteiger partial charge in [0.15, 0.2) is 0 Å². The number of hydrogen-bond acceptors (Lipinski definition) is 4. The predicted molar refractivity (Wildman–Crippen MR) is 76.0 cm³/mol. The lowest BCUT2D eigenvalue weighted by Gasteiger charge is -2.35. The number of aryl methyl sites for hydroxylation is 1. The first-order chi connectivity index (χ1) is 8.32. The molecule has 1 aliphatic rings. The molecule has 0 radical (unpaired) electrons. The smallest absolute Gasteiger partial charge is 0.246 e. The van der Waals surface area contributed by atoms with Gasteiger partial charge in [-0.25, -0.2) is 8.42 Å². The van der Waals surface area contributed by atoms with Gasteiger partial charge in [-0.15, -0.1) is 12.4 Å². The third-order valence-corrected chi connectivity index (χ3v) is 5.27. The van der Waals surface area contributed by atoms with Crippen molar-refractivity contribution in [1.29, 1.82) is 0 Å². The second-order valence-electron chi connectivity index (χ2n) is 5.01. The Labute approximate surface area is 120 Å². The number of hydrogen-bond donors (Lipinski definition) is 1. The van der Waals surface area contributed by atoms with Gasteiger partial charge in [-0.3, -0.25) is 4.68 Å². The molecule has 19 heavy (non-hydrogen) atoms. The minimum absolute atomic E-state index is 0. The molecule has 1 aliphatic heterocycles. The van der Waals surface area contributed by atoms with Crippen molar-refractivity contribution in [3.63, 3.8) is 0 Å².